The number of halogens is 3. The summed E-state index contributed by atoms with van der Waals surface area (Å²) in [6, 6.07) is 5.36. The van der Waals surface area contributed by atoms with Crippen LogP contribution in [-0.4, -0.2) is 11.0 Å². The van der Waals surface area contributed by atoms with E-state index in [0.29, 0.717) is 22.2 Å². The lowest BCUT2D eigenvalue weighted by atomic mass is 10.4. The summed E-state index contributed by atoms with van der Waals surface area (Å²) >= 11 is 18.3. The third-order valence-corrected chi connectivity index (χ3v) is 3.38. The van der Waals surface area contributed by atoms with Crippen molar-refractivity contribution in [3.05, 3.63) is 28.2 Å². The van der Waals surface area contributed by atoms with Gasteiger partial charge in [-0.3, -0.25) is 4.79 Å². The molecule has 14 heavy (non-hydrogen) atoms. The van der Waals surface area contributed by atoms with Crippen molar-refractivity contribution in [3.8, 4) is 0 Å². The molecule has 0 heterocycles. The highest BCUT2D eigenvalue weighted by atomic mass is 35.5. The highest BCUT2D eigenvalue weighted by Gasteiger charge is 2.01. The number of benzene rings is 1. The molecule has 0 saturated heterocycles. The van der Waals surface area contributed by atoms with Crippen molar-refractivity contribution in [2.45, 2.75) is 11.3 Å². The van der Waals surface area contributed by atoms with Gasteiger partial charge < -0.3 is 0 Å². The minimum Gasteiger partial charge on any atom is -0.281 e. The van der Waals surface area contributed by atoms with Gasteiger partial charge in [0.2, 0.25) is 5.24 Å². The second kappa shape index (κ2) is 5.86. The molecule has 0 N–H and O–H groups in total. The summed E-state index contributed by atoms with van der Waals surface area (Å²) in [5.41, 5.74) is 0. The Hall–Kier alpha value is 0.110. The van der Waals surface area contributed by atoms with Crippen molar-refractivity contribution < 1.29 is 4.79 Å². The van der Waals surface area contributed by atoms with Crippen LogP contribution < -0.4 is 0 Å². The van der Waals surface area contributed by atoms with Gasteiger partial charge >= 0.3 is 0 Å². The van der Waals surface area contributed by atoms with Crippen molar-refractivity contribution in [3.63, 3.8) is 0 Å². The van der Waals surface area contributed by atoms with E-state index in [-0.39, 0.29) is 5.24 Å². The molecule has 1 rings (SSSR count). The molecule has 0 bridgehead atoms. The highest BCUT2D eigenvalue weighted by Crippen LogP contribution is 2.28. The lowest BCUT2D eigenvalue weighted by molar-refractivity contribution is -0.111. The summed E-state index contributed by atoms with van der Waals surface area (Å²) in [4.78, 5) is 11.4. The van der Waals surface area contributed by atoms with E-state index < -0.39 is 0 Å². The van der Waals surface area contributed by atoms with Gasteiger partial charge in [-0.15, -0.1) is 11.8 Å². The average Bonchev–Trinajstić information content (AvgIpc) is 2.10. The summed E-state index contributed by atoms with van der Waals surface area (Å²) in [7, 11) is 0. The molecular weight excluding hydrogens is 263 g/mol. The predicted molar refractivity (Wildman–Crippen MR) is 62.7 cm³/mol. The molecule has 0 atom stereocenters. The minimum absolute atomic E-state index is 0.322. The normalized spacial score (nSPS) is 10.2. The number of carbonyl (C=O) groups is 1. The fraction of sp³-hybridized carbons (Fsp3) is 0.222. The van der Waals surface area contributed by atoms with Crippen LogP contribution in [0, 0.1) is 0 Å². The molecule has 76 valence electrons. The van der Waals surface area contributed by atoms with Gasteiger partial charge in [-0.05, 0) is 29.8 Å². The summed E-state index contributed by atoms with van der Waals surface area (Å²) in [6.45, 7) is 0. The molecule has 1 nitrogen and oxygen atoms in total. The van der Waals surface area contributed by atoms with Crippen molar-refractivity contribution in [2.75, 3.05) is 5.75 Å². The lowest BCUT2D eigenvalue weighted by Crippen LogP contribution is -1.88. The van der Waals surface area contributed by atoms with Crippen LogP contribution in [0.3, 0.4) is 0 Å². The van der Waals surface area contributed by atoms with Crippen LogP contribution in [-0.2, 0) is 4.79 Å². The Balaban J connectivity index is 2.51. The van der Waals surface area contributed by atoms with Crippen LogP contribution in [0.1, 0.15) is 6.42 Å². The zero-order valence-corrected chi connectivity index (χ0v) is 10.2. The number of rotatable bonds is 4. The third-order valence-electron chi connectivity index (χ3n) is 1.46. The van der Waals surface area contributed by atoms with Crippen LogP contribution in [0.5, 0.6) is 0 Å². The van der Waals surface area contributed by atoms with Crippen LogP contribution in [0.4, 0.5) is 0 Å². The van der Waals surface area contributed by atoms with E-state index in [1.165, 1.54) is 11.8 Å². The van der Waals surface area contributed by atoms with E-state index >= 15 is 0 Å². The standard InChI is InChI=1S/C9H7Cl3OS/c10-7-2-1-6(5-8(7)11)14-4-3-9(12)13/h1-2,5H,3-4H2. The molecule has 5 heteroatoms. The molecule has 0 amide bonds. The van der Waals surface area contributed by atoms with E-state index in [0.717, 1.165) is 4.90 Å². The zero-order chi connectivity index (χ0) is 10.6. The molecule has 0 aliphatic heterocycles. The smallest absolute Gasteiger partial charge is 0.222 e. The Morgan fingerprint density at radius 3 is 2.57 bits per heavy atom. The number of thioether (sulfide) groups is 1. The molecule has 0 spiro atoms. The molecule has 0 saturated carbocycles. The number of carbonyl (C=O) groups excluding carboxylic acids is 1. The second-order valence-electron chi connectivity index (χ2n) is 2.53. The Morgan fingerprint density at radius 1 is 1.29 bits per heavy atom. The SMILES string of the molecule is O=C(Cl)CCSc1ccc(Cl)c(Cl)c1. The van der Waals surface area contributed by atoms with Gasteiger partial charge in [-0.1, -0.05) is 23.2 Å². The Labute approximate surface area is 102 Å². The second-order valence-corrected chi connectivity index (χ2v) is 4.93. The zero-order valence-electron chi connectivity index (χ0n) is 7.10. The molecule has 1 aromatic rings. The van der Waals surface area contributed by atoms with Gasteiger partial charge in [0.1, 0.15) is 0 Å². The largest absolute Gasteiger partial charge is 0.281 e. The predicted octanol–water partition coefficient (Wildman–Crippen LogP) is 4.24. The molecule has 0 aliphatic rings. The summed E-state index contributed by atoms with van der Waals surface area (Å²) in [5, 5.41) is 0.732. The van der Waals surface area contributed by atoms with Crippen LogP contribution in [0.25, 0.3) is 0 Å². The fourth-order valence-corrected chi connectivity index (χ4v) is 2.27. The van der Waals surface area contributed by atoms with E-state index in [1.807, 2.05) is 6.07 Å². The quantitative estimate of drug-likeness (QED) is 0.601. The van der Waals surface area contributed by atoms with E-state index in [1.54, 1.807) is 12.1 Å². The van der Waals surface area contributed by atoms with Gasteiger partial charge in [0.05, 0.1) is 10.0 Å². The first-order valence-electron chi connectivity index (χ1n) is 3.86. The highest BCUT2D eigenvalue weighted by molar-refractivity contribution is 7.99. The van der Waals surface area contributed by atoms with Gasteiger partial charge in [0.25, 0.3) is 0 Å². The van der Waals surface area contributed by atoms with Gasteiger partial charge in [-0.25, -0.2) is 0 Å². The maximum atomic E-state index is 10.5. The van der Waals surface area contributed by atoms with Crippen LogP contribution >= 0.6 is 46.6 Å². The maximum Gasteiger partial charge on any atom is 0.222 e. The van der Waals surface area contributed by atoms with Gasteiger partial charge in [0.15, 0.2) is 0 Å². The van der Waals surface area contributed by atoms with Crippen LogP contribution in [0.2, 0.25) is 10.0 Å². The average molecular weight is 270 g/mol. The molecule has 0 unspecified atom stereocenters. The molecule has 0 aromatic heterocycles. The van der Waals surface area contributed by atoms with E-state index in [2.05, 4.69) is 0 Å². The maximum absolute atomic E-state index is 10.5. The lowest BCUT2D eigenvalue weighted by Gasteiger charge is -2.01. The van der Waals surface area contributed by atoms with Gasteiger partial charge in [-0.2, -0.15) is 0 Å². The van der Waals surface area contributed by atoms with E-state index in [9.17, 15) is 4.79 Å². The van der Waals surface area contributed by atoms with Crippen molar-refractivity contribution in [2.24, 2.45) is 0 Å². The minimum atomic E-state index is -0.322. The first kappa shape index (κ1) is 12.2. The molecule has 0 aliphatic carbocycles. The van der Waals surface area contributed by atoms with Crippen molar-refractivity contribution in [1.29, 1.82) is 0 Å². The Kier molecular flexibility index (Phi) is 5.10. The van der Waals surface area contributed by atoms with Crippen molar-refractivity contribution in [1.82, 2.24) is 0 Å². The molecular formula is C9H7Cl3OS. The fourth-order valence-electron chi connectivity index (χ4n) is 0.816. The number of hydrogen-bond donors (Lipinski definition) is 0. The Bertz CT molecular complexity index is 341. The molecule has 1 aromatic carbocycles. The summed E-state index contributed by atoms with van der Waals surface area (Å²) in [5.74, 6) is 0.653. The molecule has 0 radical (unpaired) electrons. The van der Waals surface area contributed by atoms with Crippen molar-refractivity contribution >= 4 is 51.8 Å². The Morgan fingerprint density at radius 2 is 2.00 bits per heavy atom. The summed E-state index contributed by atoms with van der Waals surface area (Å²) < 4.78 is 0. The van der Waals surface area contributed by atoms with Gasteiger partial charge in [0, 0.05) is 17.1 Å². The third kappa shape index (κ3) is 4.09. The first-order valence-corrected chi connectivity index (χ1v) is 5.97. The first-order chi connectivity index (χ1) is 6.59. The monoisotopic (exact) mass is 268 g/mol. The number of hydrogen-bond acceptors (Lipinski definition) is 2. The summed E-state index contributed by atoms with van der Waals surface area (Å²) in [6.07, 6.45) is 0.354. The topological polar surface area (TPSA) is 17.1 Å². The van der Waals surface area contributed by atoms with Crippen LogP contribution in [0.15, 0.2) is 23.1 Å². The van der Waals surface area contributed by atoms with E-state index in [4.69, 9.17) is 34.8 Å². The molecule has 0 fully saturated rings.